The summed E-state index contributed by atoms with van der Waals surface area (Å²) in [4.78, 5) is 38.4. The minimum Gasteiger partial charge on any atom is -0.369 e. The van der Waals surface area contributed by atoms with Crippen LogP contribution in [0.15, 0.2) is 48.5 Å². The molecule has 3 amide bonds. The van der Waals surface area contributed by atoms with Crippen LogP contribution in [0.1, 0.15) is 40.7 Å². The zero-order valence-corrected chi connectivity index (χ0v) is 16.7. The average Bonchev–Trinajstić information content (AvgIpc) is 2.73. The Kier molecular flexibility index (Phi) is 6.65. The molecule has 1 saturated heterocycles. The molecule has 0 saturated carbocycles. The lowest BCUT2D eigenvalue weighted by atomic mass is 9.95. The van der Waals surface area contributed by atoms with Gasteiger partial charge in [0.25, 0.3) is 5.91 Å². The molecular formula is C23H27N3O3. The van der Waals surface area contributed by atoms with Gasteiger partial charge in [-0.2, -0.15) is 0 Å². The molecule has 0 aromatic heterocycles. The molecule has 3 N–H and O–H groups in total. The first kappa shape index (κ1) is 20.6. The maximum Gasteiger partial charge on any atom is 0.255 e. The van der Waals surface area contributed by atoms with Crippen LogP contribution in [0.25, 0.3) is 0 Å². The van der Waals surface area contributed by atoms with Gasteiger partial charge >= 0.3 is 0 Å². The number of rotatable bonds is 6. The predicted octanol–water partition coefficient (Wildman–Crippen LogP) is 2.90. The zero-order valence-electron chi connectivity index (χ0n) is 16.7. The minimum atomic E-state index is -0.307. The highest BCUT2D eigenvalue weighted by molar-refractivity contribution is 6.03. The smallest absolute Gasteiger partial charge is 0.255 e. The first-order valence-electron chi connectivity index (χ1n) is 9.97. The van der Waals surface area contributed by atoms with Crippen molar-refractivity contribution in [2.75, 3.05) is 18.4 Å². The van der Waals surface area contributed by atoms with Gasteiger partial charge in [-0.1, -0.05) is 42.0 Å². The molecule has 6 nitrogen and oxygen atoms in total. The van der Waals surface area contributed by atoms with Crippen molar-refractivity contribution in [3.63, 3.8) is 0 Å². The van der Waals surface area contributed by atoms with E-state index < -0.39 is 0 Å². The van der Waals surface area contributed by atoms with Crippen LogP contribution in [0.3, 0.4) is 0 Å². The summed E-state index contributed by atoms with van der Waals surface area (Å²) < 4.78 is 0. The molecule has 0 spiro atoms. The van der Waals surface area contributed by atoms with Crippen molar-refractivity contribution < 1.29 is 14.4 Å². The van der Waals surface area contributed by atoms with Gasteiger partial charge in [-0.3, -0.25) is 14.4 Å². The Morgan fingerprint density at radius 1 is 1.03 bits per heavy atom. The second-order valence-corrected chi connectivity index (χ2v) is 7.55. The van der Waals surface area contributed by atoms with E-state index in [1.807, 2.05) is 31.2 Å². The number of nitrogens with zero attached hydrogens (tertiary/aromatic N) is 1. The van der Waals surface area contributed by atoms with E-state index in [0.29, 0.717) is 50.0 Å². The molecule has 0 bridgehead atoms. The van der Waals surface area contributed by atoms with E-state index >= 15 is 0 Å². The standard InChI is InChI=1S/C23H27N3O3/c1-16-6-8-17(9-7-16)10-11-21(27)25-20-5-3-2-4-19(20)23(29)26-14-12-18(13-15-26)22(24)28/h2-9,18H,10-15H2,1H3,(H2,24,28)(H,25,27). The van der Waals surface area contributed by atoms with Crippen molar-refractivity contribution in [1.82, 2.24) is 4.90 Å². The Balaban J connectivity index is 1.61. The Morgan fingerprint density at radius 2 is 1.69 bits per heavy atom. The van der Waals surface area contributed by atoms with Crippen molar-refractivity contribution in [3.8, 4) is 0 Å². The summed E-state index contributed by atoms with van der Waals surface area (Å²) in [5.41, 5.74) is 8.64. The first-order chi connectivity index (χ1) is 13.9. The largest absolute Gasteiger partial charge is 0.369 e. The number of likely N-dealkylation sites (tertiary alicyclic amines) is 1. The number of anilines is 1. The summed E-state index contributed by atoms with van der Waals surface area (Å²) in [5.74, 6) is -0.741. The number of nitrogens with one attached hydrogen (secondary N) is 1. The monoisotopic (exact) mass is 393 g/mol. The Hall–Kier alpha value is -3.15. The fraction of sp³-hybridized carbons (Fsp3) is 0.348. The maximum absolute atomic E-state index is 12.9. The van der Waals surface area contributed by atoms with E-state index in [1.165, 1.54) is 5.56 Å². The summed E-state index contributed by atoms with van der Waals surface area (Å²) >= 11 is 0. The third-order valence-corrected chi connectivity index (χ3v) is 5.38. The van der Waals surface area contributed by atoms with E-state index in [1.54, 1.807) is 29.2 Å². The van der Waals surface area contributed by atoms with Crippen LogP contribution in [0.5, 0.6) is 0 Å². The second-order valence-electron chi connectivity index (χ2n) is 7.55. The molecule has 2 aromatic carbocycles. The molecule has 1 heterocycles. The van der Waals surface area contributed by atoms with Gasteiger partial charge in [0.05, 0.1) is 11.3 Å². The highest BCUT2D eigenvalue weighted by Gasteiger charge is 2.27. The molecule has 0 aliphatic carbocycles. The molecule has 29 heavy (non-hydrogen) atoms. The summed E-state index contributed by atoms with van der Waals surface area (Å²) in [6.07, 6.45) is 2.14. The number of para-hydroxylation sites is 1. The number of benzene rings is 2. The summed E-state index contributed by atoms with van der Waals surface area (Å²) in [6, 6.07) is 15.2. The topological polar surface area (TPSA) is 92.5 Å². The number of hydrogen-bond acceptors (Lipinski definition) is 3. The van der Waals surface area contributed by atoms with Crippen molar-refractivity contribution in [2.24, 2.45) is 11.7 Å². The van der Waals surface area contributed by atoms with Gasteiger partial charge in [-0.05, 0) is 43.9 Å². The van der Waals surface area contributed by atoms with Crippen LogP contribution >= 0.6 is 0 Å². The predicted molar refractivity (Wildman–Crippen MR) is 112 cm³/mol. The van der Waals surface area contributed by atoms with Gasteiger partial charge in [0.2, 0.25) is 11.8 Å². The molecule has 1 aliphatic heterocycles. The maximum atomic E-state index is 12.9. The molecule has 1 aliphatic rings. The summed E-state index contributed by atoms with van der Waals surface area (Å²) in [5, 5.41) is 2.88. The van der Waals surface area contributed by atoms with Gasteiger partial charge in [-0.15, -0.1) is 0 Å². The van der Waals surface area contributed by atoms with Gasteiger partial charge < -0.3 is 16.0 Å². The van der Waals surface area contributed by atoms with Crippen LogP contribution in [0, 0.1) is 12.8 Å². The Labute approximate surface area is 171 Å². The fourth-order valence-corrected chi connectivity index (χ4v) is 3.54. The van der Waals surface area contributed by atoms with Crippen molar-refractivity contribution >= 4 is 23.4 Å². The molecule has 6 heteroatoms. The fourth-order valence-electron chi connectivity index (χ4n) is 3.54. The Morgan fingerprint density at radius 3 is 2.34 bits per heavy atom. The zero-order chi connectivity index (χ0) is 20.8. The van der Waals surface area contributed by atoms with Crippen LogP contribution in [-0.4, -0.2) is 35.7 Å². The molecule has 3 rings (SSSR count). The number of carbonyl (C=O) groups is 3. The van der Waals surface area contributed by atoms with Crippen molar-refractivity contribution in [3.05, 3.63) is 65.2 Å². The van der Waals surface area contributed by atoms with E-state index in [-0.39, 0.29) is 23.6 Å². The summed E-state index contributed by atoms with van der Waals surface area (Å²) in [6.45, 7) is 3.01. The molecule has 1 fully saturated rings. The third kappa shape index (κ3) is 5.44. The van der Waals surface area contributed by atoms with E-state index in [9.17, 15) is 14.4 Å². The highest BCUT2D eigenvalue weighted by Crippen LogP contribution is 2.22. The molecule has 0 radical (unpaired) electrons. The average molecular weight is 393 g/mol. The summed E-state index contributed by atoms with van der Waals surface area (Å²) in [7, 11) is 0. The number of hydrogen-bond donors (Lipinski definition) is 2. The SMILES string of the molecule is Cc1ccc(CCC(=O)Nc2ccccc2C(=O)N2CCC(C(N)=O)CC2)cc1. The van der Waals surface area contributed by atoms with E-state index in [4.69, 9.17) is 5.73 Å². The van der Waals surface area contributed by atoms with Gasteiger partial charge in [0, 0.05) is 25.4 Å². The van der Waals surface area contributed by atoms with Crippen molar-refractivity contribution in [2.45, 2.75) is 32.6 Å². The number of nitrogens with two attached hydrogens (primary N) is 1. The van der Waals surface area contributed by atoms with E-state index in [2.05, 4.69) is 5.32 Å². The highest BCUT2D eigenvalue weighted by atomic mass is 16.2. The van der Waals surface area contributed by atoms with Crippen LogP contribution in [-0.2, 0) is 16.0 Å². The van der Waals surface area contributed by atoms with Crippen LogP contribution < -0.4 is 11.1 Å². The molecule has 0 atom stereocenters. The molecular weight excluding hydrogens is 366 g/mol. The quantitative estimate of drug-likeness (QED) is 0.790. The minimum absolute atomic E-state index is 0.127. The number of piperidine rings is 1. The Bertz CT molecular complexity index is 884. The van der Waals surface area contributed by atoms with Gasteiger partial charge in [-0.25, -0.2) is 0 Å². The van der Waals surface area contributed by atoms with Crippen LogP contribution in [0.4, 0.5) is 5.69 Å². The van der Waals surface area contributed by atoms with Gasteiger partial charge in [0.1, 0.15) is 0 Å². The number of carbonyl (C=O) groups excluding carboxylic acids is 3. The number of aryl methyl sites for hydroxylation is 2. The molecule has 0 unspecified atom stereocenters. The lowest BCUT2D eigenvalue weighted by Gasteiger charge is -2.31. The molecule has 152 valence electrons. The lowest BCUT2D eigenvalue weighted by Crippen LogP contribution is -2.42. The van der Waals surface area contributed by atoms with Crippen LogP contribution in [0.2, 0.25) is 0 Å². The van der Waals surface area contributed by atoms with Crippen molar-refractivity contribution in [1.29, 1.82) is 0 Å². The second kappa shape index (κ2) is 9.37. The number of amides is 3. The number of primary amides is 1. The van der Waals surface area contributed by atoms with E-state index in [0.717, 1.165) is 5.56 Å². The third-order valence-electron chi connectivity index (χ3n) is 5.38. The van der Waals surface area contributed by atoms with Gasteiger partial charge in [0.15, 0.2) is 0 Å². The molecule has 2 aromatic rings. The first-order valence-corrected chi connectivity index (χ1v) is 9.97. The normalized spacial score (nSPS) is 14.4. The lowest BCUT2D eigenvalue weighted by molar-refractivity contribution is -0.123.